The number of hydrogen-bond acceptors (Lipinski definition) is 4. The van der Waals surface area contributed by atoms with Crippen LogP contribution >= 0.6 is 0 Å². The highest BCUT2D eigenvalue weighted by Crippen LogP contribution is 2.34. The van der Waals surface area contributed by atoms with E-state index < -0.39 is 17.4 Å². The van der Waals surface area contributed by atoms with Crippen LogP contribution in [-0.4, -0.2) is 41.1 Å². The zero-order valence-corrected chi connectivity index (χ0v) is 13.2. The summed E-state index contributed by atoms with van der Waals surface area (Å²) in [6, 6.07) is 7.34. The summed E-state index contributed by atoms with van der Waals surface area (Å²) in [7, 11) is 1.55. The summed E-state index contributed by atoms with van der Waals surface area (Å²) in [6.07, 6.45) is 1.10. The van der Waals surface area contributed by atoms with Crippen LogP contribution in [0.4, 0.5) is 0 Å². The molecule has 1 fully saturated rings. The molecule has 1 aliphatic rings. The lowest BCUT2D eigenvalue weighted by molar-refractivity contribution is -0.147. The largest absolute Gasteiger partial charge is 0.480 e. The number of amides is 1. The van der Waals surface area contributed by atoms with E-state index >= 15 is 0 Å². The molecule has 0 aliphatic carbocycles. The molecule has 0 spiro atoms. The predicted molar refractivity (Wildman–Crippen MR) is 83.2 cm³/mol. The van der Waals surface area contributed by atoms with Crippen LogP contribution in [0.5, 0.6) is 0 Å². The van der Waals surface area contributed by atoms with E-state index in [0.717, 1.165) is 5.39 Å². The van der Waals surface area contributed by atoms with Gasteiger partial charge >= 0.3 is 5.97 Å². The van der Waals surface area contributed by atoms with Crippen molar-refractivity contribution in [1.82, 2.24) is 4.90 Å². The van der Waals surface area contributed by atoms with Crippen molar-refractivity contribution in [3.8, 4) is 0 Å². The van der Waals surface area contributed by atoms with Gasteiger partial charge in [-0.15, -0.1) is 0 Å². The monoisotopic (exact) mass is 317 g/mol. The van der Waals surface area contributed by atoms with E-state index in [0.29, 0.717) is 30.5 Å². The molecule has 1 N–H and O–H groups in total. The average Bonchev–Trinajstić information content (AvgIpc) is 3.10. The number of ether oxygens (including phenoxy) is 1. The quantitative estimate of drug-likeness (QED) is 0.937. The molecule has 1 amide bonds. The van der Waals surface area contributed by atoms with Gasteiger partial charge in [0, 0.05) is 24.6 Å². The van der Waals surface area contributed by atoms with Crippen LogP contribution in [0.1, 0.15) is 35.9 Å². The number of rotatable bonds is 4. The zero-order valence-electron chi connectivity index (χ0n) is 13.2. The molecule has 3 rings (SSSR count). The molecule has 6 heteroatoms. The van der Waals surface area contributed by atoms with Gasteiger partial charge in [0.25, 0.3) is 5.91 Å². The number of furan rings is 1. The number of benzene rings is 1. The number of methoxy groups -OCH3 is 1. The molecule has 0 bridgehead atoms. The predicted octanol–water partition coefficient (Wildman–Crippen LogP) is 2.66. The third-order valence-electron chi connectivity index (χ3n) is 4.53. The molecule has 1 saturated heterocycles. The standard InChI is InChI=1S/C17H19NO5/c1-17(16(20)21)8-5-9-18(17)15(19)14-12(10-22-2)11-6-3-4-7-13(11)23-14/h3-4,6-7H,5,8-10H2,1-2H3,(H,20,21). The van der Waals surface area contributed by atoms with Gasteiger partial charge in [0.1, 0.15) is 11.1 Å². The molecule has 1 aromatic carbocycles. The first kappa shape index (κ1) is 15.6. The second kappa shape index (κ2) is 5.70. The molecular weight excluding hydrogens is 298 g/mol. The van der Waals surface area contributed by atoms with Crippen LogP contribution in [0.2, 0.25) is 0 Å². The number of aliphatic carboxylic acids is 1. The van der Waals surface area contributed by atoms with Crippen LogP contribution in [0.15, 0.2) is 28.7 Å². The molecule has 1 aromatic heterocycles. The smallest absolute Gasteiger partial charge is 0.329 e. The Kier molecular flexibility index (Phi) is 3.85. The third kappa shape index (κ3) is 2.39. The number of carbonyl (C=O) groups is 2. The molecule has 23 heavy (non-hydrogen) atoms. The normalized spacial score (nSPS) is 21.0. The topological polar surface area (TPSA) is 80.0 Å². The van der Waals surface area contributed by atoms with E-state index in [-0.39, 0.29) is 12.4 Å². The maximum absolute atomic E-state index is 12.9. The molecule has 1 unspecified atom stereocenters. The second-order valence-electron chi connectivity index (χ2n) is 5.98. The van der Waals surface area contributed by atoms with Crippen molar-refractivity contribution < 1.29 is 23.8 Å². The molecule has 1 atom stereocenters. The van der Waals surface area contributed by atoms with Crippen LogP contribution in [0.3, 0.4) is 0 Å². The van der Waals surface area contributed by atoms with Gasteiger partial charge in [0.05, 0.1) is 6.61 Å². The Morgan fingerprint density at radius 1 is 1.39 bits per heavy atom. The Labute approximate surface area is 133 Å². The highest BCUT2D eigenvalue weighted by molar-refractivity contribution is 6.01. The first-order valence-corrected chi connectivity index (χ1v) is 7.53. The van der Waals surface area contributed by atoms with Crippen LogP contribution in [0, 0.1) is 0 Å². The van der Waals surface area contributed by atoms with E-state index in [4.69, 9.17) is 9.15 Å². The lowest BCUT2D eigenvalue weighted by Gasteiger charge is -2.30. The van der Waals surface area contributed by atoms with Crippen molar-refractivity contribution in [3.05, 3.63) is 35.6 Å². The Bertz CT molecular complexity index is 765. The number of carbonyl (C=O) groups excluding carboxylic acids is 1. The van der Waals surface area contributed by atoms with Crippen molar-refractivity contribution >= 4 is 22.8 Å². The van der Waals surface area contributed by atoms with E-state index in [1.807, 2.05) is 18.2 Å². The van der Waals surface area contributed by atoms with Gasteiger partial charge in [-0.1, -0.05) is 18.2 Å². The van der Waals surface area contributed by atoms with Gasteiger partial charge in [-0.25, -0.2) is 4.79 Å². The van der Waals surface area contributed by atoms with Gasteiger partial charge in [-0.2, -0.15) is 0 Å². The maximum Gasteiger partial charge on any atom is 0.329 e. The Hall–Kier alpha value is -2.34. The fraction of sp³-hybridized carbons (Fsp3) is 0.412. The number of likely N-dealkylation sites (tertiary alicyclic amines) is 1. The highest BCUT2D eigenvalue weighted by atomic mass is 16.5. The summed E-state index contributed by atoms with van der Waals surface area (Å²) in [5, 5.41) is 10.3. The van der Waals surface area contributed by atoms with Crippen molar-refractivity contribution in [2.45, 2.75) is 31.9 Å². The molecule has 0 saturated carbocycles. The second-order valence-corrected chi connectivity index (χ2v) is 5.98. The molecule has 1 aliphatic heterocycles. The first-order valence-electron chi connectivity index (χ1n) is 7.53. The van der Waals surface area contributed by atoms with E-state index in [9.17, 15) is 14.7 Å². The summed E-state index contributed by atoms with van der Waals surface area (Å²) in [5.74, 6) is -1.22. The van der Waals surface area contributed by atoms with Crippen LogP contribution in [-0.2, 0) is 16.1 Å². The van der Waals surface area contributed by atoms with Crippen molar-refractivity contribution in [2.24, 2.45) is 0 Å². The number of carboxylic acid groups (broad SMARTS) is 1. The fourth-order valence-electron chi connectivity index (χ4n) is 3.19. The third-order valence-corrected chi connectivity index (χ3v) is 4.53. The van der Waals surface area contributed by atoms with Gasteiger partial charge < -0.3 is 19.2 Å². The minimum absolute atomic E-state index is 0.169. The summed E-state index contributed by atoms with van der Waals surface area (Å²) < 4.78 is 10.9. The van der Waals surface area contributed by atoms with Crippen molar-refractivity contribution in [1.29, 1.82) is 0 Å². The fourth-order valence-corrected chi connectivity index (χ4v) is 3.19. The minimum atomic E-state index is -1.19. The summed E-state index contributed by atoms with van der Waals surface area (Å²) >= 11 is 0. The van der Waals surface area contributed by atoms with E-state index in [2.05, 4.69) is 0 Å². The molecule has 0 radical (unpaired) electrons. The van der Waals surface area contributed by atoms with Gasteiger partial charge in [0.2, 0.25) is 0 Å². The van der Waals surface area contributed by atoms with Gasteiger partial charge in [0.15, 0.2) is 5.76 Å². The first-order chi connectivity index (χ1) is 11.0. The summed E-state index contributed by atoms with van der Waals surface area (Å²) in [6.45, 7) is 2.22. The Morgan fingerprint density at radius 3 is 2.83 bits per heavy atom. The molecule has 2 heterocycles. The molecule has 122 valence electrons. The molecule has 6 nitrogen and oxygen atoms in total. The summed E-state index contributed by atoms with van der Waals surface area (Å²) in [5.41, 5.74) is 0.0623. The van der Waals surface area contributed by atoms with Crippen LogP contribution < -0.4 is 0 Å². The lowest BCUT2D eigenvalue weighted by atomic mass is 9.99. The highest BCUT2D eigenvalue weighted by Gasteiger charge is 2.47. The zero-order chi connectivity index (χ0) is 16.6. The van der Waals surface area contributed by atoms with E-state index in [1.54, 1.807) is 20.1 Å². The van der Waals surface area contributed by atoms with Crippen LogP contribution in [0.25, 0.3) is 11.0 Å². The minimum Gasteiger partial charge on any atom is -0.480 e. The number of fused-ring (bicyclic) bond motifs is 1. The van der Waals surface area contributed by atoms with Crippen molar-refractivity contribution in [3.63, 3.8) is 0 Å². The number of carboxylic acids is 1. The van der Waals surface area contributed by atoms with E-state index in [1.165, 1.54) is 4.90 Å². The Balaban J connectivity index is 2.07. The number of nitrogens with zero attached hydrogens (tertiary/aromatic N) is 1. The van der Waals surface area contributed by atoms with Gasteiger partial charge in [-0.3, -0.25) is 4.79 Å². The maximum atomic E-state index is 12.9. The number of hydrogen-bond donors (Lipinski definition) is 1. The SMILES string of the molecule is COCc1c(C(=O)N2CCCC2(C)C(=O)O)oc2ccccc12. The Morgan fingerprint density at radius 2 is 2.13 bits per heavy atom. The lowest BCUT2D eigenvalue weighted by Crippen LogP contribution is -2.50. The van der Waals surface area contributed by atoms with Crippen molar-refractivity contribution in [2.75, 3.05) is 13.7 Å². The van der Waals surface area contributed by atoms with Gasteiger partial charge in [-0.05, 0) is 25.8 Å². The molecular formula is C17H19NO5. The number of para-hydroxylation sites is 1. The average molecular weight is 317 g/mol. The molecule has 2 aromatic rings. The summed E-state index contributed by atoms with van der Waals surface area (Å²) in [4.78, 5) is 25.9.